The number of fused-ring (bicyclic) bond motifs is 1. The average Bonchev–Trinajstić information content (AvgIpc) is 2.75. The standard InChI is InChI=1S/C23H32O.C6H9N3/c1-8-9-10-11-19(24-7)15-18-16-21-20(14-17(18)2)22(3,4)12-13-23(21,5)6;7-4-1-2-5(8)6(9)3-4/h8-11,14,16H,1,12-13,15H2,2-7H3;1-3H,7-9H2/b10-9+,19-11-;. The van der Waals surface area contributed by atoms with E-state index in [0.717, 1.165) is 12.2 Å². The summed E-state index contributed by atoms with van der Waals surface area (Å²) in [5, 5.41) is 0. The molecule has 1 aliphatic carbocycles. The smallest absolute Gasteiger partial charge is 0.0999 e. The van der Waals surface area contributed by atoms with Gasteiger partial charge in [0.25, 0.3) is 0 Å². The Balaban J connectivity index is 0.000000357. The molecule has 0 atom stereocenters. The molecular formula is C29H41N3O. The largest absolute Gasteiger partial charge is 0.501 e. The number of aryl methyl sites for hydroxylation is 1. The predicted octanol–water partition coefficient (Wildman–Crippen LogP) is 6.59. The van der Waals surface area contributed by atoms with Crippen molar-refractivity contribution in [1.29, 1.82) is 0 Å². The topological polar surface area (TPSA) is 87.3 Å². The summed E-state index contributed by atoms with van der Waals surface area (Å²) >= 11 is 0. The normalized spacial score (nSPS) is 16.5. The number of allylic oxidation sites excluding steroid dienone is 5. The van der Waals surface area contributed by atoms with Crippen LogP contribution in [0, 0.1) is 6.92 Å². The van der Waals surface area contributed by atoms with Crippen LogP contribution >= 0.6 is 0 Å². The lowest BCUT2D eigenvalue weighted by Gasteiger charge is -2.42. The van der Waals surface area contributed by atoms with Crippen molar-refractivity contribution in [3.05, 3.63) is 89.2 Å². The molecule has 178 valence electrons. The second-order valence-electron chi connectivity index (χ2n) is 10.1. The predicted molar refractivity (Wildman–Crippen MR) is 144 cm³/mol. The SMILES string of the molecule is C=C/C=C/C=C(/Cc1cc2c(cc1C)C(C)(C)CCC2(C)C)OC.Nc1ccc(N)c(N)c1. The van der Waals surface area contributed by atoms with Gasteiger partial charge < -0.3 is 21.9 Å². The van der Waals surface area contributed by atoms with Crippen LogP contribution < -0.4 is 17.2 Å². The molecule has 4 heteroatoms. The number of ether oxygens (including phenoxy) is 1. The van der Waals surface area contributed by atoms with E-state index in [2.05, 4.69) is 53.3 Å². The van der Waals surface area contributed by atoms with Crippen molar-refractivity contribution < 1.29 is 4.74 Å². The zero-order chi connectivity index (χ0) is 24.8. The molecular weight excluding hydrogens is 406 g/mol. The van der Waals surface area contributed by atoms with Crippen LogP contribution in [-0.4, -0.2) is 7.11 Å². The lowest BCUT2D eigenvalue weighted by atomic mass is 9.62. The van der Waals surface area contributed by atoms with E-state index in [0.29, 0.717) is 17.1 Å². The third kappa shape index (κ3) is 6.67. The minimum absolute atomic E-state index is 0.243. The van der Waals surface area contributed by atoms with E-state index < -0.39 is 0 Å². The van der Waals surface area contributed by atoms with E-state index in [4.69, 9.17) is 21.9 Å². The van der Waals surface area contributed by atoms with Gasteiger partial charge in [0.05, 0.1) is 24.2 Å². The molecule has 1 aliphatic rings. The van der Waals surface area contributed by atoms with Crippen molar-refractivity contribution in [2.24, 2.45) is 0 Å². The Morgan fingerprint density at radius 1 is 0.939 bits per heavy atom. The molecule has 3 rings (SSSR count). The first kappa shape index (κ1) is 26.1. The minimum atomic E-state index is 0.243. The maximum Gasteiger partial charge on any atom is 0.0999 e. The van der Waals surface area contributed by atoms with Gasteiger partial charge in [-0.05, 0) is 77.1 Å². The molecule has 6 N–H and O–H groups in total. The van der Waals surface area contributed by atoms with Gasteiger partial charge in [-0.3, -0.25) is 0 Å². The highest BCUT2D eigenvalue weighted by Gasteiger charge is 2.37. The Bertz CT molecular complexity index is 1050. The summed E-state index contributed by atoms with van der Waals surface area (Å²) in [5.74, 6) is 0.976. The fourth-order valence-corrected chi connectivity index (χ4v) is 4.18. The quantitative estimate of drug-likeness (QED) is 0.274. The number of hydrogen-bond donors (Lipinski definition) is 3. The first-order chi connectivity index (χ1) is 15.4. The summed E-state index contributed by atoms with van der Waals surface area (Å²) in [6.45, 7) is 15.4. The van der Waals surface area contributed by atoms with E-state index in [1.54, 1.807) is 31.4 Å². The van der Waals surface area contributed by atoms with Crippen LogP contribution in [0.3, 0.4) is 0 Å². The third-order valence-electron chi connectivity index (χ3n) is 6.58. The van der Waals surface area contributed by atoms with Gasteiger partial charge in [0, 0.05) is 12.1 Å². The number of hydrogen-bond acceptors (Lipinski definition) is 4. The van der Waals surface area contributed by atoms with E-state index in [1.807, 2.05) is 18.2 Å². The van der Waals surface area contributed by atoms with Crippen LogP contribution in [0.25, 0.3) is 0 Å². The van der Waals surface area contributed by atoms with Gasteiger partial charge in [-0.1, -0.05) is 64.6 Å². The van der Waals surface area contributed by atoms with Crippen LogP contribution in [0.1, 0.15) is 62.8 Å². The average molecular weight is 448 g/mol. The van der Waals surface area contributed by atoms with E-state index in [9.17, 15) is 0 Å². The van der Waals surface area contributed by atoms with Crippen molar-refractivity contribution in [2.75, 3.05) is 24.3 Å². The first-order valence-corrected chi connectivity index (χ1v) is 11.5. The second kappa shape index (κ2) is 10.7. The maximum atomic E-state index is 5.57. The van der Waals surface area contributed by atoms with Crippen molar-refractivity contribution in [1.82, 2.24) is 0 Å². The zero-order valence-corrected chi connectivity index (χ0v) is 21.2. The molecule has 4 nitrogen and oxygen atoms in total. The highest BCUT2D eigenvalue weighted by Crippen LogP contribution is 2.46. The Kier molecular flexibility index (Phi) is 8.43. The van der Waals surface area contributed by atoms with Crippen molar-refractivity contribution in [3.8, 4) is 0 Å². The molecule has 2 aromatic carbocycles. The van der Waals surface area contributed by atoms with Crippen molar-refractivity contribution >= 4 is 17.1 Å². The molecule has 0 fully saturated rings. The van der Waals surface area contributed by atoms with E-state index in [-0.39, 0.29) is 10.8 Å². The molecule has 0 bridgehead atoms. The molecule has 0 radical (unpaired) electrons. The number of methoxy groups -OCH3 is 1. The van der Waals surface area contributed by atoms with Crippen molar-refractivity contribution in [3.63, 3.8) is 0 Å². The summed E-state index contributed by atoms with van der Waals surface area (Å²) in [7, 11) is 1.74. The number of anilines is 3. The summed E-state index contributed by atoms with van der Waals surface area (Å²) in [6, 6.07) is 9.87. The van der Waals surface area contributed by atoms with Crippen LogP contribution in [0.15, 0.2) is 67.0 Å². The van der Waals surface area contributed by atoms with Gasteiger partial charge in [0.1, 0.15) is 0 Å². The van der Waals surface area contributed by atoms with Crippen LogP contribution in [0.5, 0.6) is 0 Å². The highest BCUT2D eigenvalue weighted by molar-refractivity contribution is 5.68. The van der Waals surface area contributed by atoms with Crippen LogP contribution in [-0.2, 0) is 22.0 Å². The Labute approximate surface area is 200 Å². The van der Waals surface area contributed by atoms with Gasteiger partial charge in [-0.25, -0.2) is 0 Å². The summed E-state index contributed by atoms with van der Waals surface area (Å²) in [6.07, 6.45) is 11.0. The van der Waals surface area contributed by atoms with E-state index in [1.165, 1.54) is 35.1 Å². The molecule has 0 amide bonds. The molecule has 0 saturated heterocycles. The molecule has 0 heterocycles. The van der Waals surface area contributed by atoms with Crippen molar-refractivity contribution in [2.45, 2.75) is 64.7 Å². The number of nitrogen functional groups attached to an aromatic ring is 3. The summed E-state index contributed by atoms with van der Waals surface area (Å²) in [4.78, 5) is 0. The lowest BCUT2D eigenvalue weighted by Crippen LogP contribution is -2.34. The molecule has 33 heavy (non-hydrogen) atoms. The Hall–Kier alpha value is -3.14. The Morgan fingerprint density at radius 2 is 1.55 bits per heavy atom. The fraction of sp³-hybridized carbons (Fsp3) is 0.379. The summed E-state index contributed by atoms with van der Waals surface area (Å²) in [5.41, 5.74) is 24.2. The monoisotopic (exact) mass is 447 g/mol. The molecule has 0 aromatic heterocycles. The molecule has 0 unspecified atom stereocenters. The van der Waals surface area contributed by atoms with Gasteiger partial charge >= 0.3 is 0 Å². The van der Waals surface area contributed by atoms with Gasteiger partial charge in [0.2, 0.25) is 0 Å². The Morgan fingerprint density at radius 3 is 2.06 bits per heavy atom. The third-order valence-corrected chi connectivity index (χ3v) is 6.58. The van der Waals surface area contributed by atoms with Gasteiger partial charge in [-0.2, -0.15) is 0 Å². The summed E-state index contributed by atoms with van der Waals surface area (Å²) < 4.78 is 5.57. The van der Waals surface area contributed by atoms with E-state index >= 15 is 0 Å². The highest BCUT2D eigenvalue weighted by atomic mass is 16.5. The number of benzene rings is 2. The fourth-order valence-electron chi connectivity index (χ4n) is 4.18. The number of nitrogens with two attached hydrogens (primary N) is 3. The van der Waals surface area contributed by atoms with Crippen LogP contribution in [0.2, 0.25) is 0 Å². The second-order valence-corrected chi connectivity index (χ2v) is 10.1. The molecule has 0 spiro atoms. The molecule has 0 saturated carbocycles. The molecule has 2 aromatic rings. The lowest BCUT2D eigenvalue weighted by molar-refractivity contribution is 0.283. The van der Waals surface area contributed by atoms with Gasteiger partial charge in [0.15, 0.2) is 0 Å². The van der Waals surface area contributed by atoms with Crippen LogP contribution in [0.4, 0.5) is 17.1 Å². The maximum absolute atomic E-state index is 5.57. The minimum Gasteiger partial charge on any atom is -0.501 e. The van der Waals surface area contributed by atoms with Gasteiger partial charge in [-0.15, -0.1) is 0 Å². The zero-order valence-electron chi connectivity index (χ0n) is 21.2. The molecule has 0 aliphatic heterocycles. The first-order valence-electron chi connectivity index (χ1n) is 11.5. The number of rotatable bonds is 5.